The standard InChI is InChI=1S/C9H8BrClO2/c10-7-3-5(4-12)8(11)9-6(7)1-2-13-9/h3,12H,1-2,4H2. The van der Waals surface area contributed by atoms with Gasteiger partial charge in [0.05, 0.1) is 18.2 Å². The minimum atomic E-state index is -0.0614. The predicted molar refractivity (Wildman–Crippen MR) is 54.3 cm³/mol. The number of hydrogen-bond donors (Lipinski definition) is 1. The summed E-state index contributed by atoms with van der Waals surface area (Å²) in [6.45, 7) is 0.608. The van der Waals surface area contributed by atoms with Crippen molar-refractivity contribution in [2.45, 2.75) is 13.0 Å². The molecule has 0 bridgehead atoms. The smallest absolute Gasteiger partial charge is 0.142 e. The number of ether oxygens (including phenoxy) is 1. The Morgan fingerprint density at radius 2 is 2.38 bits per heavy atom. The van der Waals surface area contributed by atoms with Gasteiger partial charge in [0.25, 0.3) is 0 Å². The van der Waals surface area contributed by atoms with Crippen LogP contribution in [0.3, 0.4) is 0 Å². The molecular weight excluding hydrogens is 255 g/mol. The monoisotopic (exact) mass is 262 g/mol. The summed E-state index contributed by atoms with van der Waals surface area (Å²) in [5, 5.41) is 9.55. The second kappa shape index (κ2) is 3.48. The molecule has 0 unspecified atom stereocenters. The third-order valence-electron chi connectivity index (χ3n) is 2.11. The van der Waals surface area contributed by atoms with Crippen molar-refractivity contribution in [3.63, 3.8) is 0 Å². The summed E-state index contributed by atoms with van der Waals surface area (Å²) < 4.78 is 6.35. The van der Waals surface area contributed by atoms with Gasteiger partial charge in [-0.2, -0.15) is 0 Å². The zero-order chi connectivity index (χ0) is 9.42. The number of halogens is 2. The number of aliphatic hydroxyl groups is 1. The van der Waals surface area contributed by atoms with Gasteiger partial charge in [0.15, 0.2) is 0 Å². The van der Waals surface area contributed by atoms with E-state index in [-0.39, 0.29) is 6.61 Å². The van der Waals surface area contributed by atoms with Crippen molar-refractivity contribution in [3.8, 4) is 5.75 Å². The van der Waals surface area contributed by atoms with E-state index in [0.717, 1.165) is 22.2 Å². The molecule has 2 rings (SSSR count). The lowest BCUT2D eigenvalue weighted by Gasteiger charge is -2.07. The van der Waals surface area contributed by atoms with Gasteiger partial charge >= 0.3 is 0 Å². The summed E-state index contributed by atoms with van der Waals surface area (Å²) in [6, 6.07) is 1.84. The van der Waals surface area contributed by atoms with Crippen LogP contribution < -0.4 is 4.74 Å². The van der Waals surface area contributed by atoms with Gasteiger partial charge in [-0.05, 0) is 6.07 Å². The van der Waals surface area contributed by atoms with E-state index in [4.69, 9.17) is 21.4 Å². The van der Waals surface area contributed by atoms with E-state index in [9.17, 15) is 0 Å². The predicted octanol–water partition coefficient (Wildman–Crippen LogP) is 2.53. The fraction of sp³-hybridized carbons (Fsp3) is 0.333. The second-order valence-electron chi connectivity index (χ2n) is 2.90. The molecule has 70 valence electrons. The summed E-state index contributed by atoms with van der Waals surface area (Å²) in [6.07, 6.45) is 0.876. The first-order valence-electron chi connectivity index (χ1n) is 3.97. The highest BCUT2D eigenvalue weighted by atomic mass is 79.9. The van der Waals surface area contributed by atoms with Crippen LogP contribution in [0.2, 0.25) is 5.02 Å². The molecule has 1 aromatic carbocycles. The lowest BCUT2D eigenvalue weighted by Crippen LogP contribution is -1.90. The molecule has 1 N–H and O–H groups in total. The number of fused-ring (bicyclic) bond motifs is 1. The first kappa shape index (κ1) is 9.31. The Hall–Kier alpha value is -0.250. The molecule has 1 aromatic rings. The van der Waals surface area contributed by atoms with Crippen molar-refractivity contribution in [1.29, 1.82) is 0 Å². The first-order valence-corrected chi connectivity index (χ1v) is 5.14. The molecule has 0 radical (unpaired) electrons. The van der Waals surface area contributed by atoms with Gasteiger partial charge in [0.1, 0.15) is 5.75 Å². The van der Waals surface area contributed by atoms with Crippen LogP contribution in [0.25, 0.3) is 0 Å². The minimum absolute atomic E-state index is 0.0614. The van der Waals surface area contributed by atoms with Gasteiger partial charge in [0.2, 0.25) is 0 Å². The Labute approximate surface area is 89.6 Å². The number of hydrogen-bond acceptors (Lipinski definition) is 2. The topological polar surface area (TPSA) is 29.5 Å². The lowest BCUT2D eigenvalue weighted by molar-refractivity contribution is 0.281. The van der Waals surface area contributed by atoms with E-state index in [1.165, 1.54) is 0 Å². The fourth-order valence-corrected chi connectivity index (χ4v) is 2.38. The zero-order valence-electron chi connectivity index (χ0n) is 6.81. The molecule has 0 fully saturated rings. The van der Waals surface area contributed by atoms with Gasteiger partial charge in [-0.1, -0.05) is 27.5 Å². The first-order chi connectivity index (χ1) is 6.24. The van der Waals surface area contributed by atoms with E-state index in [1.807, 2.05) is 6.07 Å². The van der Waals surface area contributed by atoms with E-state index in [1.54, 1.807) is 0 Å². The number of aliphatic hydroxyl groups excluding tert-OH is 1. The van der Waals surface area contributed by atoms with Crippen LogP contribution in [0.5, 0.6) is 5.75 Å². The Balaban J connectivity index is 2.62. The average molecular weight is 264 g/mol. The van der Waals surface area contributed by atoms with Gasteiger partial charge in [-0.15, -0.1) is 0 Å². The van der Waals surface area contributed by atoms with Gasteiger partial charge in [0, 0.05) is 22.0 Å². The average Bonchev–Trinajstić information content (AvgIpc) is 2.60. The zero-order valence-corrected chi connectivity index (χ0v) is 9.15. The van der Waals surface area contributed by atoms with E-state index >= 15 is 0 Å². The quantitative estimate of drug-likeness (QED) is 0.844. The van der Waals surface area contributed by atoms with Crippen LogP contribution in [0.1, 0.15) is 11.1 Å². The SMILES string of the molecule is OCc1cc(Br)c2c(c1Cl)OCC2. The van der Waals surface area contributed by atoms with Crippen LogP contribution in [0, 0.1) is 0 Å². The summed E-state index contributed by atoms with van der Waals surface area (Å²) in [5.74, 6) is 0.722. The lowest BCUT2D eigenvalue weighted by atomic mass is 10.1. The molecular formula is C9H8BrClO2. The van der Waals surface area contributed by atoms with Gasteiger partial charge in [-0.3, -0.25) is 0 Å². The van der Waals surface area contributed by atoms with Crippen molar-refractivity contribution >= 4 is 27.5 Å². The van der Waals surface area contributed by atoms with Crippen molar-refractivity contribution in [3.05, 3.63) is 26.7 Å². The molecule has 13 heavy (non-hydrogen) atoms. The Kier molecular flexibility index (Phi) is 2.49. The summed E-state index contributed by atoms with van der Waals surface area (Å²) in [4.78, 5) is 0. The number of benzene rings is 1. The highest BCUT2D eigenvalue weighted by Crippen LogP contribution is 2.40. The van der Waals surface area contributed by atoms with Crippen molar-refractivity contribution in [2.75, 3.05) is 6.61 Å². The van der Waals surface area contributed by atoms with E-state index in [0.29, 0.717) is 17.2 Å². The van der Waals surface area contributed by atoms with Crippen LogP contribution in [0.15, 0.2) is 10.5 Å². The fourth-order valence-electron chi connectivity index (χ4n) is 1.44. The minimum Gasteiger partial charge on any atom is -0.491 e. The van der Waals surface area contributed by atoms with Crippen molar-refractivity contribution < 1.29 is 9.84 Å². The van der Waals surface area contributed by atoms with Crippen LogP contribution in [-0.4, -0.2) is 11.7 Å². The number of rotatable bonds is 1. The molecule has 0 amide bonds. The van der Waals surface area contributed by atoms with Crippen LogP contribution in [0.4, 0.5) is 0 Å². The molecule has 0 saturated heterocycles. The highest BCUT2D eigenvalue weighted by molar-refractivity contribution is 9.10. The Morgan fingerprint density at radius 3 is 3.08 bits per heavy atom. The van der Waals surface area contributed by atoms with Gasteiger partial charge < -0.3 is 9.84 Å². The molecule has 1 aliphatic rings. The van der Waals surface area contributed by atoms with Crippen LogP contribution >= 0.6 is 27.5 Å². The maximum Gasteiger partial charge on any atom is 0.142 e. The van der Waals surface area contributed by atoms with Crippen molar-refractivity contribution in [1.82, 2.24) is 0 Å². The third-order valence-corrected chi connectivity index (χ3v) is 3.24. The molecule has 2 nitrogen and oxygen atoms in total. The highest BCUT2D eigenvalue weighted by Gasteiger charge is 2.21. The molecule has 1 aliphatic heterocycles. The third kappa shape index (κ3) is 1.45. The Bertz CT molecular complexity index is 352. The summed E-state index contributed by atoms with van der Waals surface area (Å²) in [5.41, 5.74) is 1.80. The normalized spacial score (nSPS) is 14.1. The van der Waals surface area contributed by atoms with Gasteiger partial charge in [-0.25, -0.2) is 0 Å². The van der Waals surface area contributed by atoms with Crippen LogP contribution in [-0.2, 0) is 13.0 Å². The molecule has 0 aromatic heterocycles. The van der Waals surface area contributed by atoms with Crippen molar-refractivity contribution in [2.24, 2.45) is 0 Å². The van der Waals surface area contributed by atoms with E-state index < -0.39 is 0 Å². The maximum absolute atomic E-state index is 9.01. The Morgan fingerprint density at radius 1 is 1.62 bits per heavy atom. The molecule has 0 aliphatic carbocycles. The van der Waals surface area contributed by atoms with E-state index in [2.05, 4.69) is 15.9 Å². The maximum atomic E-state index is 9.01. The molecule has 0 spiro atoms. The molecule has 0 saturated carbocycles. The largest absolute Gasteiger partial charge is 0.491 e. The molecule has 4 heteroatoms. The second-order valence-corrected chi connectivity index (χ2v) is 4.13. The summed E-state index contributed by atoms with van der Waals surface area (Å²) in [7, 11) is 0. The molecule has 1 heterocycles. The summed E-state index contributed by atoms with van der Waals surface area (Å²) >= 11 is 9.44. The molecule has 0 atom stereocenters.